The Labute approximate surface area is 142 Å². The van der Waals surface area contributed by atoms with Gasteiger partial charge in [-0.3, -0.25) is 9.59 Å². The molecule has 0 heterocycles. The summed E-state index contributed by atoms with van der Waals surface area (Å²) in [4.78, 5) is 25.5. The van der Waals surface area contributed by atoms with E-state index in [1.54, 1.807) is 56.6 Å². The van der Waals surface area contributed by atoms with Crippen molar-refractivity contribution in [2.75, 3.05) is 19.4 Å². The van der Waals surface area contributed by atoms with Crippen molar-refractivity contribution in [3.05, 3.63) is 63.1 Å². The minimum atomic E-state index is -0.307. The summed E-state index contributed by atoms with van der Waals surface area (Å²) in [6.07, 6.45) is 0. The summed E-state index contributed by atoms with van der Waals surface area (Å²) in [6, 6.07) is 11.8. The van der Waals surface area contributed by atoms with Gasteiger partial charge >= 0.3 is 0 Å². The molecular weight excluding hydrogens is 368 g/mol. The van der Waals surface area contributed by atoms with Crippen LogP contribution in [0.1, 0.15) is 20.7 Å². The predicted octanol–water partition coefficient (Wildman–Crippen LogP) is 4.06. The second kappa shape index (κ2) is 6.94. The summed E-state index contributed by atoms with van der Waals surface area (Å²) in [5.74, 6) is -0.397. The zero-order valence-corrected chi connectivity index (χ0v) is 14.4. The monoisotopic (exact) mass is 380 g/mol. The first kappa shape index (κ1) is 16.5. The van der Waals surface area contributed by atoms with E-state index in [0.29, 0.717) is 21.8 Å². The summed E-state index contributed by atoms with van der Waals surface area (Å²) in [7, 11) is 3.38. The number of nitrogens with one attached hydrogen (secondary N) is 1. The van der Waals surface area contributed by atoms with Crippen molar-refractivity contribution < 1.29 is 9.59 Å². The Hall–Kier alpha value is -1.85. The van der Waals surface area contributed by atoms with Gasteiger partial charge < -0.3 is 10.2 Å². The van der Waals surface area contributed by atoms with Crippen molar-refractivity contribution >= 4 is 45.0 Å². The number of benzene rings is 2. The van der Waals surface area contributed by atoms with Crippen LogP contribution in [-0.4, -0.2) is 30.8 Å². The number of anilines is 1. The Morgan fingerprint density at radius 1 is 1.09 bits per heavy atom. The lowest BCUT2D eigenvalue weighted by Gasteiger charge is -2.11. The number of nitrogens with zero attached hydrogens (tertiary/aromatic N) is 1. The highest BCUT2D eigenvalue weighted by atomic mass is 79.9. The van der Waals surface area contributed by atoms with Gasteiger partial charge in [-0.25, -0.2) is 0 Å². The number of carbonyl (C=O) groups excluding carboxylic acids is 2. The molecular formula is C16H14BrClN2O2. The molecule has 0 bridgehead atoms. The Balaban J connectivity index is 2.15. The normalized spacial score (nSPS) is 10.2. The van der Waals surface area contributed by atoms with Crippen LogP contribution in [-0.2, 0) is 0 Å². The summed E-state index contributed by atoms with van der Waals surface area (Å²) < 4.78 is 0.772. The zero-order valence-electron chi connectivity index (χ0n) is 12.1. The van der Waals surface area contributed by atoms with Gasteiger partial charge in [0.15, 0.2) is 0 Å². The summed E-state index contributed by atoms with van der Waals surface area (Å²) in [6.45, 7) is 0. The average Bonchev–Trinajstić information content (AvgIpc) is 2.49. The van der Waals surface area contributed by atoms with Crippen LogP contribution in [0.3, 0.4) is 0 Å². The number of amides is 2. The van der Waals surface area contributed by atoms with Gasteiger partial charge in [-0.05, 0) is 42.5 Å². The van der Waals surface area contributed by atoms with E-state index in [1.165, 1.54) is 4.90 Å². The molecule has 22 heavy (non-hydrogen) atoms. The molecule has 0 fully saturated rings. The Bertz CT molecular complexity index is 715. The summed E-state index contributed by atoms with van der Waals surface area (Å²) >= 11 is 9.34. The third kappa shape index (κ3) is 3.87. The third-order valence-electron chi connectivity index (χ3n) is 2.97. The van der Waals surface area contributed by atoms with Gasteiger partial charge in [0.1, 0.15) is 0 Å². The van der Waals surface area contributed by atoms with Crippen LogP contribution in [0.5, 0.6) is 0 Å². The highest BCUT2D eigenvalue weighted by Crippen LogP contribution is 2.22. The van der Waals surface area contributed by atoms with Gasteiger partial charge in [0, 0.05) is 29.8 Å². The fourth-order valence-corrected chi connectivity index (χ4v) is 2.39. The van der Waals surface area contributed by atoms with E-state index in [1.807, 2.05) is 0 Å². The maximum Gasteiger partial charge on any atom is 0.257 e. The van der Waals surface area contributed by atoms with Crippen LogP contribution in [0.2, 0.25) is 5.02 Å². The lowest BCUT2D eigenvalue weighted by atomic mass is 10.1. The maximum absolute atomic E-state index is 12.2. The third-order valence-corrected chi connectivity index (χ3v) is 3.79. The average molecular weight is 382 g/mol. The first-order valence-corrected chi connectivity index (χ1v) is 7.63. The van der Waals surface area contributed by atoms with Crippen LogP contribution < -0.4 is 5.32 Å². The van der Waals surface area contributed by atoms with Gasteiger partial charge in [0.05, 0.1) is 10.6 Å². The molecule has 0 unspecified atom stereocenters. The molecule has 0 aliphatic carbocycles. The first-order chi connectivity index (χ1) is 10.4. The molecule has 114 valence electrons. The van der Waals surface area contributed by atoms with Gasteiger partial charge in [-0.1, -0.05) is 27.5 Å². The molecule has 2 rings (SSSR count). The molecule has 0 aliphatic heterocycles. The number of carbonyl (C=O) groups is 2. The van der Waals surface area contributed by atoms with Crippen LogP contribution in [0.25, 0.3) is 0 Å². The van der Waals surface area contributed by atoms with E-state index in [-0.39, 0.29) is 11.8 Å². The smallest absolute Gasteiger partial charge is 0.257 e. The molecule has 2 aromatic carbocycles. The zero-order chi connectivity index (χ0) is 16.3. The Kier molecular flexibility index (Phi) is 5.21. The summed E-state index contributed by atoms with van der Waals surface area (Å²) in [5.41, 5.74) is 1.53. The molecule has 0 spiro atoms. The number of hydrogen-bond donors (Lipinski definition) is 1. The fourth-order valence-electron chi connectivity index (χ4n) is 1.82. The van der Waals surface area contributed by atoms with E-state index in [2.05, 4.69) is 21.2 Å². The number of halogens is 2. The molecule has 6 heteroatoms. The van der Waals surface area contributed by atoms with E-state index in [4.69, 9.17) is 11.6 Å². The van der Waals surface area contributed by atoms with Gasteiger partial charge in [-0.15, -0.1) is 0 Å². The van der Waals surface area contributed by atoms with Gasteiger partial charge in [0.25, 0.3) is 11.8 Å². The fraction of sp³-hybridized carbons (Fsp3) is 0.125. The highest BCUT2D eigenvalue weighted by molar-refractivity contribution is 9.10. The molecule has 2 amide bonds. The quantitative estimate of drug-likeness (QED) is 0.872. The number of hydrogen-bond acceptors (Lipinski definition) is 2. The van der Waals surface area contributed by atoms with Crippen molar-refractivity contribution in [2.45, 2.75) is 0 Å². The standard InChI is InChI=1S/C16H14BrClN2O2/c1-20(2)16(22)10-3-6-12(7-4-10)19-15(21)13-9-11(17)5-8-14(13)18/h3-9H,1-2H3,(H,19,21). The maximum atomic E-state index is 12.2. The van der Waals surface area contributed by atoms with E-state index in [9.17, 15) is 9.59 Å². The molecule has 1 N–H and O–H groups in total. The largest absolute Gasteiger partial charge is 0.345 e. The van der Waals surface area contributed by atoms with Crippen LogP contribution in [0.15, 0.2) is 46.9 Å². The Morgan fingerprint density at radius 2 is 1.73 bits per heavy atom. The van der Waals surface area contributed by atoms with Gasteiger partial charge in [-0.2, -0.15) is 0 Å². The van der Waals surface area contributed by atoms with Crippen LogP contribution >= 0.6 is 27.5 Å². The molecule has 0 saturated heterocycles. The predicted molar refractivity (Wildman–Crippen MR) is 91.6 cm³/mol. The minimum Gasteiger partial charge on any atom is -0.345 e. The van der Waals surface area contributed by atoms with Crippen LogP contribution in [0.4, 0.5) is 5.69 Å². The lowest BCUT2D eigenvalue weighted by Crippen LogP contribution is -2.21. The molecule has 0 aliphatic rings. The number of rotatable bonds is 3. The molecule has 4 nitrogen and oxygen atoms in total. The molecule has 0 radical (unpaired) electrons. The van der Waals surface area contributed by atoms with Crippen molar-refractivity contribution in [3.63, 3.8) is 0 Å². The Morgan fingerprint density at radius 3 is 2.32 bits per heavy atom. The van der Waals surface area contributed by atoms with E-state index < -0.39 is 0 Å². The molecule has 2 aromatic rings. The lowest BCUT2D eigenvalue weighted by molar-refractivity contribution is 0.0827. The first-order valence-electron chi connectivity index (χ1n) is 6.46. The van der Waals surface area contributed by atoms with Crippen molar-refractivity contribution in [1.82, 2.24) is 4.90 Å². The molecule has 0 aromatic heterocycles. The molecule has 0 atom stereocenters. The van der Waals surface area contributed by atoms with E-state index in [0.717, 1.165) is 4.47 Å². The summed E-state index contributed by atoms with van der Waals surface area (Å²) in [5, 5.41) is 3.13. The van der Waals surface area contributed by atoms with Crippen molar-refractivity contribution in [3.8, 4) is 0 Å². The highest BCUT2D eigenvalue weighted by Gasteiger charge is 2.12. The van der Waals surface area contributed by atoms with Crippen LogP contribution in [0, 0.1) is 0 Å². The van der Waals surface area contributed by atoms with Gasteiger partial charge in [0.2, 0.25) is 0 Å². The van der Waals surface area contributed by atoms with Crippen molar-refractivity contribution in [2.24, 2.45) is 0 Å². The minimum absolute atomic E-state index is 0.0899. The van der Waals surface area contributed by atoms with E-state index >= 15 is 0 Å². The second-order valence-electron chi connectivity index (χ2n) is 4.86. The second-order valence-corrected chi connectivity index (χ2v) is 6.18. The SMILES string of the molecule is CN(C)C(=O)c1ccc(NC(=O)c2cc(Br)ccc2Cl)cc1. The van der Waals surface area contributed by atoms with Crippen molar-refractivity contribution in [1.29, 1.82) is 0 Å². The topological polar surface area (TPSA) is 49.4 Å². The molecule has 0 saturated carbocycles.